The molecule has 1 saturated heterocycles. The minimum Gasteiger partial charge on any atom is -0.303 e. The highest BCUT2D eigenvalue weighted by Crippen LogP contribution is 2.22. The van der Waals surface area contributed by atoms with Crippen molar-refractivity contribution in [1.29, 1.82) is 0 Å². The van der Waals surface area contributed by atoms with Crippen molar-refractivity contribution in [1.82, 2.24) is 0 Å². The van der Waals surface area contributed by atoms with Crippen LogP contribution in [0, 0.1) is 11.8 Å². The van der Waals surface area contributed by atoms with Crippen molar-refractivity contribution in [2.45, 2.75) is 19.8 Å². The zero-order valence-corrected chi connectivity index (χ0v) is 7.60. The Morgan fingerprint density at radius 1 is 1.45 bits per heavy atom. The van der Waals surface area contributed by atoms with Crippen LogP contribution < -0.4 is 0 Å². The first-order valence-corrected chi connectivity index (χ1v) is 5.53. The molecule has 11 heavy (non-hydrogen) atoms. The Balaban J connectivity index is 2.38. The summed E-state index contributed by atoms with van der Waals surface area (Å²) in [6.45, 7) is 1.95. The summed E-state index contributed by atoms with van der Waals surface area (Å²) in [6, 6.07) is 0. The van der Waals surface area contributed by atoms with E-state index in [9.17, 15) is 9.00 Å². The normalized spacial score (nSPS) is 34.6. The van der Waals surface area contributed by atoms with Crippen molar-refractivity contribution < 1.29 is 9.00 Å². The third-order valence-corrected chi connectivity index (χ3v) is 3.77. The second-order valence-corrected chi connectivity index (χ2v) is 4.88. The molecule has 1 unspecified atom stereocenters. The Bertz CT molecular complexity index is 157. The van der Waals surface area contributed by atoms with Crippen molar-refractivity contribution in [3.63, 3.8) is 0 Å². The van der Waals surface area contributed by atoms with Gasteiger partial charge in [0.25, 0.3) is 0 Å². The topological polar surface area (TPSA) is 34.1 Å². The summed E-state index contributed by atoms with van der Waals surface area (Å²) in [5.41, 5.74) is 0. The number of hydrogen-bond donors (Lipinski definition) is 0. The van der Waals surface area contributed by atoms with E-state index in [-0.39, 0.29) is 5.92 Å². The Hall–Kier alpha value is -0.180. The van der Waals surface area contributed by atoms with E-state index in [0.29, 0.717) is 5.92 Å². The molecule has 1 heterocycles. The molecule has 0 radical (unpaired) electrons. The summed E-state index contributed by atoms with van der Waals surface area (Å²) >= 11 is 0. The first kappa shape index (κ1) is 8.91. The maximum Gasteiger partial charge on any atom is 0.123 e. The molecule has 0 aliphatic carbocycles. The van der Waals surface area contributed by atoms with Crippen molar-refractivity contribution in [3.8, 4) is 0 Å². The highest BCUT2D eigenvalue weighted by molar-refractivity contribution is 7.85. The number of aldehydes is 1. The fraction of sp³-hybridized carbons (Fsp3) is 0.875. The van der Waals surface area contributed by atoms with Gasteiger partial charge in [-0.3, -0.25) is 4.21 Å². The molecule has 64 valence electrons. The number of carbonyl (C=O) groups excluding carboxylic acids is 1. The molecule has 3 heteroatoms. The van der Waals surface area contributed by atoms with Crippen LogP contribution in [0.1, 0.15) is 19.8 Å². The van der Waals surface area contributed by atoms with E-state index >= 15 is 0 Å². The van der Waals surface area contributed by atoms with Crippen molar-refractivity contribution in [3.05, 3.63) is 0 Å². The second kappa shape index (κ2) is 4.00. The first-order valence-electron chi connectivity index (χ1n) is 4.04. The molecule has 0 aromatic rings. The molecule has 1 rings (SSSR count). The zero-order chi connectivity index (χ0) is 8.27. The molecule has 2 nitrogen and oxygen atoms in total. The molecular weight excluding hydrogens is 160 g/mol. The lowest BCUT2D eigenvalue weighted by Gasteiger charge is -2.23. The van der Waals surface area contributed by atoms with Crippen LogP contribution in [0.4, 0.5) is 0 Å². The molecule has 0 aromatic carbocycles. The average Bonchev–Trinajstić information content (AvgIpc) is 2.05. The average molecular weight is 174 g/mol. The summed E-state index contributed by atoms with van der Waals surface area (Å²) in [5.74, 6) is 2.24. The van der Waals surface area contributed by atoms with E-state index in [1.807, 2.05) is 6.92 Å². The van der Waals surface area contributed by atoms with Crippen LogP contribution in [0.2, 0.25) is 0 Å². The van der Waals surface area contributed by atoms with E-state index in [1.54, 1.807) is 0 Å². The van der Waals surface area contributed by atoms with Gasteiger partial charge in [0.2, 0.25) is 0 Å². The monoisotopic (exact) mass is 174 g/mol. The predicted octanol–water partition coefficient (Wildman–Crippen LogP) is 0.980. The highest BCUT2D eigenvalue weighted by Gasteiger charge is 2.22. The van der Waals surface area contributed by atoms with Gasteiger partial charge in [-0.15, -0.1) is 0 Å². The molecule has 0 saturated carbocycles. The van der Waals surface area contributed by atoms with Crippen molar-refractivity contribution >= 4 is 17.1 Å². The lowest BCUT2D eigenvalue weighted by molar-refractivity contribution is -0.112. The fourth-order valence-corrected chi connectivity index (χ4v) is 2.78. The van der Waals surface area contributed by atoms with E-state index in [4.69, 9.17) is 0 Å². The third-order valence-electron chi connectivity index (χ3n) is 2.39. The molecule has 0 spiro atoms. The minimum atomic E-state index is -0.595. The quantitative estimate of drug-likeness (QED) is 0.585. The summed E-state index contributed by atoms with van der Waals surface area (Å²) in [5, 5.41) is 0. The molecule has 1 aliphatic rings. The number of hydrogen-bond acceptors (Lipinski definition) is 2. The Morgan fingerprint density at radius 3 is 2.45 bits per heavy atom. The number of rotatable bonds is 2. The fourth-order valence-electron chi connectivity index (χ4n) is 1.45. The van der Waals surface area contributed by atoms with Gasteiger partial charge in [-0.2, -0.15) is 0 Å². The summed E-state index contributed by atoms with van der Waals surface area (Å²) < 4.78 is 10.9. The minimum absolute atomic E-state index is 0.160. The van der Waals surface area contributed by atoms with Crippen LogP contribution in [-0.2, 0) is 15.6 Å². The third kappa shape index (κ3) is 2.40. The van der Waals surface area contributed by atoms with E-state index in [1.165, 1.54) is 0 Å². The Morgan fingerprint density at radius 2 is 2.00 bits per heavy atom. The van der Waals surface area contributed by atoms with Crippen LogP contribution in [0.25, 0.3) is 0 Å². The van der Waals surface area contributed by atoms with Gasteiger partial charge >= 0.3 is 0 Å². The van der Waals surface area contributed by atoms with Crippen molar-refractivity contribution in [2.75, 3.05) is 11.5 Å². The van der Waals surface area contributed by atoms with Crippen LogP contribution in [0.3, 0.4) is 0 Å². The molecule has 0 N–H and O–H groups in total. The van der Waals surface area contributed by atoms with Gasteiger partial charge in [-0.1, -0.05) is 6.92 Å². The second-order valence-electron chi connectivity index (χ2n) is 3.18. The van der Waals surface area contributed by atoms with Gasteiger partial charge in [0.15, 0.2) is 0 Å². The van der Waals surface area contributed by atoms with Gasteiger partial charge in [0.1, 0.15) is 6.29 Å². The Kier molecular flexibility index (Phi) is 3.24. The maximum atomic E-state index is 10.9. The van der Waals surface area contributed by atoms with E-state index in [0.717, 1.165) is 30.6 Å². The van der Waals surface area contributed by atoms with Gasteiger partial charge < -0.3 is 4.79 Å². The van der Waals surface area contributed by atoms with Crippen LogP contribution in [-0.4, -0.2) is 22.0 Å². The molecule has 0 bridgehead atoms. The zero-order valence-electron chi connectivity index (χ0n) is 6.79. The largest absolute Gasteiger partial charge is 0.303 e. The SMILES string of the molecule is CC(C=O)C1CCS(=O)CC1. The van der Waals surface area contributed by atoms with Gasteiger partial charge in [-0.25, -0.2) is 0 Å². The van der Waals surface area contributed by atoms with Crippen LogP contribution in [0.15, 0.2) is 0 Å². The summed E-state index contributed by atoms with van der Waals surface area (Å²) in [4.78, 5) is 10.4. The smallest absolute Gasteiger partial charge is 0.123 e. The summed E-state index contributed by atoms with van der Waals surface area (Å²) in [7, 11) is -0.595. The lowest BCUT2D eigenvalue weighted by atomic mass is 9.90. The van der Waals surface area contributed by atoms with Crippen LogP contribution >= 0.6 is 0 Å². The van der Waals surface area contributed by atoms with Crippen LogP contribution in [0.5, 0.6) is 0 Å². The molecule has 1 atom stereocenters. The van der Waals surface area contributed by atoms with Gasteiger partial charge in [0, 0.05) is 28.2 Å². The molecule has 1 fully saturated rings. The van der Waals surface area contributed by atoms with E-state index < -0.39 is 10.8 Å². The molecular formula is C8H14O2S. The highest BCUT2D eigenvalue weighted by atomic mass is 32.2. The van der Waals surface area contributed by atoms with Gasteiger partial charge in [-0.05, 0) is 18.8 Å². The molecule has 1 aliphatic heterocycles. The van der Waals surface area contributed by atoms with E-state index in [2.05, 4.69) is 0 Å². The number of carbonyl (C=O) groups is 1. The van der Waals surface area contributed by atoms with Gasteiger partial charge in [0.05, 0.1) is 0 Å². The lowest BCUT2D eigenvalue weighted by Crippen LogP contribution is -2.24. The molecule has 0 amide bonds. The first-order chi connectivity index (χ1) is 5.24. The predicted molar refractivity (Wildman–Crippen MR) is 45.8 cm³/mol. The maximum absolute atomic E-state index is 10.9. The molecule has 0 aromatic heterocycles. The standard InChI is InChI=1S/C8H14O2S/c1-7(6-9)8-2-4-11(10)5-3-8/h6-8H,2-5H2,1H3. The van der Waals surface area contributed by atoms with Crippen molar-refractivity contribution in [2.24, 2.45) is 11.8 Å². The summed E-state index contributed by atoms with van der Waals surface area (Å²) in [6.07, 6.45) is 2.94. The Labute approximate surface area is 69.8 Å².